The maximum absolute atomic E-state index is 12.7. The van der Waals surface area contributed by atoms with Gasteiger partial charge in [0, 0.05) is 12.1 Å². The van der Waals surface area contributed by atoms with Crippen LogP contribution >= 0.6 is 11.6 Å². The summed E-state index contributed by atoms with van der Waals surface area (Å²) in [7, 11) is 1.68. The van der Waals surface area contributed by atoms with Gasteiger partial charge in [-0.05, 0) is 42.3 Å². The molecule has 0 aliphatic rings. The molecule has 1 N–H and O–H groups in total. The number of carbonyl (C=O) groups excluding carboxylic acids is 2. The molecule has 0 radical (unpaired) electrons. The van der Waals surface area contributed by atoms with Gasteiger partial charge in [0.2, 0.25) is 5.91 Å². The predicted octanol–water partition coefficient (Wildman–Crippen LogP) is 3.22. The number of furan rings is 1. The van der Waals surface area contributed by atoms with Crippen molar-refractivity contribution in [3.8, 4) is 5.75 Å². The Hall–Kier alpha value is -2.47. The van der Waals surface area contributed by atoms with Crippen molar-refractivity contribution >= 4 is 23.4 Å². The van der Waals surface area contributed by atoms with E-state index >= 15 is 0 Å². The van der Waals surface area contributed by atoms with Crippen molar-refractivity contribution < 1.29 is 18.7 Å². The highest BCUT2D eigenvalue weighted by Gasteiger charge is 2.28. The van der Waals surface area contributed by atoms with Crippen LogP contribution in [-0.2, 0) is 4.79 Å². The number of amides is 2. The Morgan fingerprint density at radius 2 is 1.92 bits per heavy atom. The van der Waals surface area contributed by atoms with Gasteiger partial charge in [-0.25, -0.2) is 0 Å². The van der Waals surface area contributed by atoms with Crippen molar-refractivity contribution in [1.82, 2.24) is 10.2 Å². The molecule has 26 heavy (non-hydrogen) atoms. The lowest BCUT2D eigenvalue weighted by Crippen LogP contribution is -2.50. The Balaban J connectivity index is 1.88. The smallest absolute Gasteiger partial charge is 0.287 e. The molecule has 0 unspecified atom stereocenters. The van der Waals surface area contributed by atoms with Gasteiger partial charge in [-0.15, -0.1) is 0 Å². The van der Waals surface area contributed by atoms with Crippen LogP contribution in [0.4, 0.5) is 0 Å². The van der Waals surface area contributed by atoms with Crippen molar-refractivity contribution in [3.05, 3.63) is 53.4 Å². The van der Waals surface area contributed by atoms with Crippen LogP contribution in [0.2, 0.25) is 5.02 Å². The molecule has 2 aromatic rings. The summed E-state index contributed by atoms with van der Waals surface area (Å²) in [5.41, 5.74) is 0. The molecule has 7 heteroatoms. The van der Waals surface area contributed by atoms with Gasteiger partial charge in [-0.2, -0.15) is 0 Å². The van der Waals surface area contributed by atoms with E-state index in [0.717, 1.165) is 0 Å². The Kier molecular flexibility index (Phi) is 7.09. The average molecular weight is 379 g/mol. The van der Waals surface area contributed by atoms with E-state index in [9.17, 15) is 9.59 Å². The van der Waals surface area contributed by atoms with Gasteiger partial charge in [0.25, 0.3) is 5.91 Å². The molecule has 0 aliphatic heterocycles. The second-order valence-corrected chi connectivity index (χ2v) is 6.67. The Bertz CT molecular complexity index is 714. The number of halogens is 1. The summed E-state index contributed by atoms with van der Waals surface area (Å²) in [5, 5.41) is 3.37. The number of nitrogens with one attached hydrogen (secondary N) is 1. The Morgan fingerprint density at radius 3 is 2.50 bits per heavy atom. The van der Waals surface area contributed by atoms with Gasteiger partial charge in [0.15, 0.2) is 5.76 Å². The van der Waals surface area contributed by atoms with Gasteiger partial charge in [-0.1, -0.05) is 25.4 Å². The minimum absolute atomic E-state index is 0.0685. The standard InChI is InChI=1S/C19H23ClN2O4/c1-13(2)17(21-18(23)16-5-4-11-26-16)19(24)22(3)10-12-25-15-8-6-14(20)7-9-15/h4-9,11,13,17H,10,12H2,1-3H3,(H,21,23)/t17-/m0/s1. The summed E-state index contributed by atoms with van der Waals surface area (Å²) in [6.45, 7) is 4.48. The number of likely N-dealkylation sites (N-methyl/N-ethyl adjacent to an activating group) is 1. The first kappa shape index (κ1) is 19.8. The van der Waals surface area contributed by atoms with Crippen LogP contribution in [0.3, 0.4) is 0 Å². The Morgan fingerprint density at radius 1 is 1.23 bits per heavy atom. The second-order valence-electron chi connectivity index (χ2n) is 6.23. The fourth-order valence-corrected chi connectivity index (χ4v) is 2.44. The van der Waals surface area contributed by atoms with E-state index in [-0.39, 0.29) is 17.6 Å². The molecule has 0 aliphatic carbocycles. The minimum atomic E-state index is -0.645. The van der Waals surface area contributed by atoms with Gasteiger partial charge in [0.05, 0.1) is 12.8 Å². The lowest BCUT2D eigenvalue weighted by atomic mass is 10.0. The van der Waals surface area contributed by atoms with E-state index in [4.69, 9.17) is 20.8 Å². The molecule has 0 saturated heterocycles. The van der Waals surface area contributed by atoms with E-state index in [0.29, 0.717) is 23.9 Å². The highest BCUT2D eigenvalue weighted by molar-refractivity contribution is 6.30. The number of benzene rings is 1. The summed E-state index contributed by atoms with van der Waals surface area (Å²) in [5.74, 6) is 0.201. The maximum Gasteiger partial charge on any atom is 0.287 e. The lowest BCUT2D eigenvalue weighted by Gasteiger charge is -2.26. The zero-order chi connectivity index (χ0) is 19.1. The minimum Gasteiger partial charge on any atom is -0.492 e. The first-order valence-electron chi connectivity index (χ1n) is 8.36. The fourth-order valence-electron chi connectivity index (χ4n) is 2.31. The molecule has 1 aromatic heterocycles. The highest BCUT2D eigenvalue weighted by atomic mass is 35.5. The predicted molar refractivity (Wildman–Crippen MR) is 99.4 cm³/mol. The molecule has 1 heterocycles. The largest absolute Gasteiger partial charge is 0.492 e. The third kappa shape index (κ3) is 5.52. The number of hydrogen-bond acceptors (Lipinski definition) is 4. The van der Waals surface area contributed by atoms with Crippen LogP contribution in [0.15, 0.2) is 47.1 Å². The monoisotopic (exact) mass is 378 g/mol. The SMILES string of the molecule is CC(C)[C@H](NC(=O)c1ccco1)C(=O)N(C)CCOc1ccc(Cl)cc1. The zero-order valence-corrected chi connectivity index (χ0v) is 15.8. The zero-order valence-electron chi connectivity index (χ0n) is 15.1. The number of rotatable bonds is 8. The number of ether oxygens (including phenoxy) is 1. The summed E-state index contributed by atoms with van der Waals surface area (Å²) in [6, 6.07) is 9.56. The number of carbonyl (C=O) groups is 2. The van der Waals surface area contributed by atoms with Crippen molar-refractivity contribution in [3.63, 3.8) is 0 Å². The molecule has 0 fully saturated rings. The van der Waals surface area contributed by atoms with E-state index in [1.54, 1.807) is 48.3 Å². The highest BCUT2D eigenvalue weighted by Crippen LogP contribution is 2.15. The van der Waals surface area contributed by atoms with Crippen LogP contribution in [0.25, 0.3) is 0 Å². The quantitative estimate of drug-likeness (QED) is 0.765. The Labute approximate surface area is 158 Å². The van der Waals surface area contributed by atoms with Crippen molar-refractivity contribution in [2.24, 2.45) is 5.92 Å². The van der Waals surface area contributed by atoms with Crippen LogP contribution < -0.4 is 10.1 Å². The molecule has 1 atom stereocenters. The van der Waals surface area contributed by atoms with Crippen molar-refractivity contribution in [2.45, 2.75) is 19.9 Å². The third-order valence-electron chi connectivity index (χ3n) is 3.85. The van der Waals surface area contributed by atoms with E-state index in [1.165, 1.54) is 6.26 Å². The van der Waals surface area contributed by atoms with Crippen molar-refractivity contribution in [1.29, 1.82) is 0 Å². The van der Waals surface area contributed by atoms with Gasteiger partial charge in [0.1, 0.15) is 18.4 Å². The molecular weight excluding hydrogens is 356 g/mol. The normalized spacial score (nSPS) is 11.9. The molecular formula is C19H23ClN2O4. The van der Waals surface area contributed by atoms with Crippen molar-refractivity contribution in [2.75, 3.05) is 20.2 Å². The van der Waals surface area contributed by atoms with Crippen LogP contribution in [0.5, 0.6) is 5.75 Å². The molecule has 140 valence electrons. The van der Waals surface area contributed by atoms with E-state index in [2.05, 4.69) is 5.32 Å². The molecule has 0 saturated carbocycles. The third-order valence-corrected chi connectivity index (χ3v) is 4.10. The molecule has 2 amide bonds. The van der Waals surface area contributed by atoms with Gasteiger partial charge >= 0.3 is 0 Å². The molecule has 0 bridgehead atoms. The summed E-state index contributed by atoms with van der Waals surface area (Å²) < 4.78 is 10.7. The van der Waals surface area contributed by atoms with Gasteiger partial charge < -0.3 is 19.4 Å². The van der Waals surface area contributed by atoms with Crippen LogP contribution in [-0.4, -0.2) is 43.0 Å². The molecule has 6 nitrogen and oxygen atoms in total. The first-order valence-corrected chi connectivity index (χ1v) is 8.74. The number of nitrogens with zero attached hydrogens (tertiary/aromatic N) is 1. The summed E-state index contributed by atoms with van der Waals surface area (Å²) in [4.78, 5) is 26.4. The van der Waals surface area contributed by atoms with E-state index < -0.39 is 11.9 Å². The number of hydrogen-bond donors (Lipinski definition) is 1. The van der Waals surface area contributed by atoms with E-state index in [1.807, 2.05) is 13.8 Å². The van der Waals surface area contributed by atoms with Gasteiger partial charge in [-0.3, -0.25) is 9.59 Å². The fraction of sp³-hybridized carbons (Fsp3) is 0.368. The topological polar surface area (TPSA) is 71.8 Å². The molecule has 2 rings (SSSR count). The lowest BCUT2D eigenvalue weighted by molar-refractivity contribution is -0.133. The van der Waals surface area contributed by atoms with Crippen LogP contribution in [0, 0.1) is 5.92 Å². The van der Waals surface area contributed by atoms with Crippen LogP contribution in [0.1, 0.15) is 24.4 Å². The molecule has 1 aromatic carbocycles. The summed E-state index contributed by atoms with van der Waals surface area (Å²) >= 11 is 5.83. The average Bonchev–Trinajstić information content (AvgIpc) is 3.15. The molecule has 0 spiro atoms. The maximum atomic E-state index is 12.7. The summed E-state index contributed by atoms with van der Waals surface area (Å²) in [6.07, 6.45) is 1.42. The first-order chi connectivity index (χ1) is 12.4. The second kappa shape index (κ2) is 9.29.